The molecule has 0 bridgehead atoms. The van der Waals surface area contributed by atoms with Crippen LogP contribution < -0.4 is 11.1 Å². The number of hydrogen-bond acceptors (Lipinski definition) is 5. The third-order valence-corrected chi connectivity index (χ3v) is 6.40. The molecule has 0 saturated heterocycles. The second-order valence-electron chi connectivity index (χ2n) is 5.86. The number of nitrogens with two attached hydrogens (primary N) is 1. The van der Waals surface area contributed by atoms with Crippen molar-refractivity contribution in [2.75, 3.05) is 5.32 Å². The SMILES string of the molecule is NC(=O)c1c(Nc2nc3c(F)cccc3s2)sc2c1CCCCC2. The highest BCUT2D eigenvalue weighted by molar-refractivity contribution is 7.23. The molecule has 0 unspecified atom stereocenters. The summed E-state index contributed by atoms with van der Waals surface area (Å²) in [5.41, 5.74) is 7.65. The van der Waals surface area contributed by atoms with Gasteiger partial charge in [-0.3, -0.25) is 4.79 Å². The van der Waals surface area contributed by atoms with E-state index in [0.29, 0.717) is 16.2 Å². The van der Waals surface area contributed by atoms with Crippen molar-refractivity contribution in [3.63, 3.8) is 0 Å². The quantitative estimate of drug-likeness (QED) is 0.670. The van der Waals surface area contributed by atoms with Gasteiger partial charge in [-0.2, -0.15) is 0 Å². The fraction of sp³-hybridized carbons (Fsp3) is 0.294. The Balaban J connectivity index is 1.75. The molecule has 24 heavy (non-hydrogen) atoms. The first-order valence-corrected chi connectivity index (χ1v) is 9.53. The molecule has 1 amide bonds. The zero-order valence-electron chi connectivity index (χ0n) is 12.9. The van der Waals surface area contributed by atoms with Gasteiger partial charge in [-0.1, -0.05) is 23.8 Å². The Labute approximate surface area is 146 Å². The normalized spacial score (nSPS) is 14.4. The third kappa shape index (κ3) is 2.67. The number of primary amides is 1. The van der Waals surface area contributed by atoms with Crippen LogP contribution in [0.4, 0.5) is 14.5 Å². The Kier molecular flexibility index (Phi) is 3.97. The van der Waals surface area contributed by atoms with Crippen LogP contribution >= 0.6 is 22.7 Å². The molecule has 2 aromatic heterocycles. The topological polar surface area (TPSA) is 68.0 Å². The van der Waals surface area contributed by atoms with Gasteiger partial charge >= 0.3 is 0 Å². The maximum atomic E-state index is 13.8. The van der Waals surface area contributed by atoms with E-state index in [4.69, 9.17) is 5.73 Å². The number of nitrogens with zero attached hydrogens (tertiary/aromatic N) is 1. The number of benzene rings is 1. The van der Waals surface area contributed by atoms with Gasteiger partial charge in [-0.25, -0.2) is 9.37 Å². The van der Waals surface area contributed by atoms with Crippen molar-refractivity contribution in [2.45, 2.75) is 32.1 Å². The van der Waals surface area contributed by atoms with Crippen LogP contribution in [-0.4, -0.2) is 10.9 Å². The molecule has 1 aromatic carbocycles. The number of thiazole rings is 1. The largest absolute Gasteiger partial charge is 0.365 e. The molecule has 1 aliphatic rings. The molecule has 0 atom stereocenters. The molecule has 4 nitrogen and oxygen atoms in total. The molecule has 0 fully saturated rings. The molecule has 124 valence electrons. The third-order valence-electron chi connectivity index (χ3n) is 4.26. The van der Waals surface area contributed by atoms with Crippen LogP contribution in [0, 0.1) is 5.82 Å². The Morgan fingerprint density at radius 3 is 2.83 bits per heavy atom. The zero-order chi connectivity index (χ0) is 16.7. The van der Waals surface area contributed by atoms with Gasteiger partial charge < -0.3 is 11.1 Å². The summed E-state index contributed by atoms with van der Waals surface area (Å²) in [4.78, 5) is 17.5. The second kappa shape index (κ2) is 6.14. The van der Waals surface area contributed by atoms with E-state index in [0.717, 1.165) is 40.9 Å². The first-order chi connectivity index (χ1) is 11.6. The maximum absolute atomic E-state index is 13.8. The monoisotopic (exact) mass is 361 g/mol. The van der Waals surface area contributed by atoms with Gasteiger partial charge in [-0.15, -0.1) is 11.3 Å². The smallest absolute Gasteiger partial charge is 0.251 e. The highest BCUT2D eigenvalue weighted by atomic mass is 32.1. The van der Waals surface area contributed by atoms with Crippen molar-refractivity contribution in [1.29, 1.82) is 0 Å². The van der Waals surface area contributed by atoms with Gasteiger partial charge in [0.05, 0.1) is 10.3 Å². The van der Waals surface area contributed by atoms with E-state index in [-0.39, 0.29) is 5.82 Å². The number of hydrogen-bond donors (Lipinski definition) is 2. The van der Waals surface area contributed by atoms with Crippen molar-refractivity contribution >= 4 is 48.9 Å². The standard InChI is InChI=1S/C17H16FN3OS2/c18-10-6-4-8-12-14(10)20-17(24-12)21-16-13(15(19)22)9-5-2-1-3-7-11(9)23-16/h4,6,8H,1-3,5,7H2,(H2,19,22)(H,20,21). The minimum atomic E-state index is -0.413. The maximum Gasteiger partial charge on any atom is 0.251 e. The molecule has 3 N–H and O–H groups in total. The van der Waals surface area contributed by atoms with Crippen LogP contribution in [0.2, 0.25) is 0 Å². The number of carbonyl (C=O) groups is 1. The summed E-state index contributed by atoms with van der Waals surface area (Å²) in [6.45, 7) is 0. The van der Waals surface area contributed by atoms with E-state index in [9.17, 15) is 9.18 Å². The van der Waals surface area contributed by atoms with E-state index >= 15 is 0 Å². The van der Waals surface area contributed by atoms with Crippen LogP contribution in [0.25, 0.3) is 10.2 Å². The number of halogens is 1. The van der Waals surface area contributed by atoms with Crippen LogP contribution in [0.3, 0.4) is 0 Å². The number of carbonyl (C=O) groups excluding carboxylic acids is 1. The summed E-state index contributed by atoms with van der Waals surface area (Å²) in [5.74, 6) is -0.752. The van der Waals surface area contributed by atoms with Crippen LogP contribution in [-0.2, 0) is 12.8 Å². The number of thiophene rings is 1. The number of para-hydroxylation sites is 1. The number of aryl methyl sites for hydroxylation is 1. The summed E-state index contributed by atoms with van der Waals surface area (Å²) >= 11 is 2.94. The molecule has 0 radical (unpaired) electrons. The molecule has 1 aliphatic carbocycles. The lowest BCUT2D eigenvalue weighted by Gasteiger charge is -2.04. The predicted molar refractivity (Wildman–Crippen MR) is 97.0 cm³/mol. The average molecular weight is 361 g/mol. The Morgan fingerprint density at radius 2 is 2.04 bits per heavy atom. The first kappa shape index (κ1) is 15.5. The van der Waals surface area contributed by atoms with E-state index in [1.807, 2.05) is 6.07 Å². The predicted octanol–water partition coefficient (Wildman–Crippen LogP) is 4.61. The molecule has 7 heteroatoms. The van der Waals surface area contributed by atoms with Crippen molar-refractivity contribution in [3.8, 4) is 0 Å². The molecule has 2 heterocycles. The first-order valence-electron chi connectivity index (χ1n) is 7.90. The second-order valence-corrected chi connectivity index (χ2v) is 8.00. The van der Waals surface area contributed by atoms with Crippen molar-refractivity contribution in [2.24, 2.45) is 5.73 Å². The minimum absolute atomic E-state index is 0.339. The number of amides is 1. The Morgan fingerprint density at radius 1 is 1.21 bits per heavy atom. The van der Waals surface area contributed by atoms with Crippen LogP contribution in [0.15, 0.2) is 18.2 Å². The Bertz CT molecular complexity index is 931. The summed E-state index contributed by atoms with van der Waals surface area (Å²) < 4.78 is 14.6. The van der Waals surface area contributed by atoms with Gasteiger partial charge in [0, 0.05) is 4.88 Å². The van der Waals surface area contributed by atoms with Crippen LogP contribution in [0.5, 0.6) is 0 Å². The number of nitrogens with one attached hydrogen (secondary N) is 1. The number of rotatable bonds is 3. The summed E-state index contributed by atoms with van der Waals surface area (Å²) in [6, 6.07) is 4.90. The van der Waals surface area contributed by atoms with Crippen molar-refractivity contribution < 1.29 is 9.18 Å². The number of fused-ring (bicyclic) bond motifs is 2. The van der Waals surface area contributed by atoms with E-state index in [2.05, 4.69) is 10.3 Å². The average Bonchev–Trinajstić information content (AvgIpc) is 3.02. The number of anilines is 2. The molecule has 0 spiro atoms. The van der Waals surface area contributed by atoms with Gasteiger partial charge in [0.15, 0.2) is 5.13 Å². The lowest BCUT2D eigenvalue weighted by molar-refractivity contribution is 0.100. The molecular formula is C17H16FN3OS2. The summed E-state index contributed by atoms with van der Waals surface area (Å²) in [5, 5.41) is 4.51. The highest BCUT2D eigenvalue weighted by Crippen LogP contribution is 2.40. The summed E-state index contributed by atoms with van der Waals surface area (Å²) in [7, 11) is 0. The van der Waals surface area contributed by atoms with Crippen LogP contribution in [0.1, 0.15) is 40.1 Å². The van der Waals surface area contributed by atoms with Crippen molar-refractivity contribution in [1.82, 2.24) is 4.98 Å². The zero-order valence-corrected chi connectivity index (χ0v) is 14.5. The highest BCUT2D eigenvalue weighted by Gasteiger charge is 2.24. The number of aromatic nitrogens is 1. The van der Waals surface area contributed by atoms with Gasteiger partial charge in [0.1, 0.15) is 16.3 Å². The van der Waals surface area contributed by atoms with E-state index in [1.165, 1.54) is 28.7 Å². The van der Waals surface area contributed by atoms with E-state index < -0.39 is 5.91 Å². The summed E-state index contributed by atoms with van der Waals surface area (Å²) in [6.07, 6.45) is 5.27. The lowest BCUT2D eigenvalue weighted by Crippen LogP contribution is -2.14. The van der Waals surface area contributed by atoms with Gasteiger partial charge in [-0.05, 0) is 43.4 Å². The Hall–Kier alpha value is -1.99. The molecule has 0 saturated carbocycles. The molecule has 4 rings (SSSR count). The van der Waals surface area contributed by atoms with Gasteiger partial charge in [0.25, 0.3) is 5.91 Å². The molecule has 0 aliphatic heterocycles. The van der Waals surface area contributed by atoms with Gasteiger partial charge in [0.2, 0.25) is 0 Å². The van der Waals surface area contributed by atoms with E-state index in [1.54, 1.807) is 17.4 Å². The lowest BCUT2D eigenvalue weighted by atomic mass is 10.1. The van der Waals surface area contributed by atoms with Crippen molar-refractivity contribution in [3.05, 3.63) is 40.0 Å². The molecular weight excluding hydrogens is 345 g/mol. The molecule has 3 aromatic rings. The fourth-order valence-corrected chi connectivity index (χ4v) is 5.40. The minimum Gasteiger partial charge on any atom is -0.365 e. The fourth-order valence-electron chi connectivity index (χ4n) is 3.16.